The van der Waals surface area contributed by atoms with Crippen molar-refractivity contribution >= 4 is 29.1 Å². The van der Waals surface area contributed by atoms with Crippen molar-refractivity contribution in [3.63, 3.8) is 0 Å². The molecule has 0 aromatic heterocycles. The van der Waals surface area contributed by atoms with E-state index >= 15 is 0 Å². The number of rotatable bonds is 3. The molecule has 0 saturated carbocycles. The first-order chi connectivity index (χ1) is 11.9. The molecule has 1 saturated heterocycles. The number of carbonyl (C=O) groups excluding carboxylic acids is 3. The van der Waals surface area contributed by atoms with E-state index in [1.54, 1.807) is 0 Å². The summed E-state index contributed by atoms with van der Waals surface area (Å²) in [7, 11) is 0. The van der Waals surface area contributed by atoms with Crippen LogP contribution >= 0.6 is 0 Å². The summed E-state index contributed by atoms with van der Waals surface area (Å²) >= 11 is 0. The fourth-order valence-electron chi connectivity index (χ4n) is 2.32. The van der Waals surface area contributed by atoms with Gasteiger partial charge in [-0.2, -0.15) is 0 Å². The van der Waals surface area contributed by atoms with Crippen LogP contribution in [-0.4, -0.2) is 17.7 Å². The number of benzene rings is 2. The number of nitrogens with one attached hydrogen (secondary N) is 2. The second-order valence-corrected chi connectivity index (χ2v) is 5.39. The first-order valence-corrected chi connectivity index (χ1v) is 7.43. The Morgan fingerprint density at radius 2 is 1.72 bits per heavy atom. The lowest BCUT2D eigenvalue weighted by Crippen LogP contribution is -2.50. The van der Waals surface area contributed by atoms with Crippen molar-refractivity contribution in [2.24, 2.45) is 0 Å². The average Bonchev–Trinajstić information content (AvgIpc) is 2.60. The van der Waals surface area contributed by atoms with E-state index in [-0.39, 0.29) is 35.9 Å². The van der Waals surface area contributed by atoms with Gasteiger partial charge in [0.15, 0.2) is 11.6 Å². The Labute approximate surface area is 141 Å². The van der Waals surface area contributed by atoms with Gasteiger partial charge >= 0.3 is 0 Å². The molecule has 3 amide bonds. The van der Waals surface area contributed by atoms with Crippen LogP contribution < -0.4 is 15.8 Å². The van der Waals surface area contributed by atoms with Gasteiger partial charge < -0.3 is 5.32 Å². The van der Waals surface area contributed by atoms with Crippen molar-refractivity contribution < 1.29 is 23.2 Å². The van der Waals surface area contributed by atoms with Gasteiger partial charge in [-0.05, 0) is 36.4 Å². The Balaban J connectivity index is 1.73. The van der Waals surface area contributed by atoms with Crippen molar-refractivity contribution in [2.45, 2.75) is 12.8 Å². The van der Waals surface area contributed by atoms with Gasteiger partial charge in [-0.3, -0.25) is 19.8 Å². The Morgan fingerprint density at radius 3 is 2.40 bits per heavy atom. The lowest BCUT2D eigenvalue weighted by Gasteiger charge is -2.27. The second-order valence-electron chi connectivity index (χ2n) is 5.39. The molecule has 2 aromatic carbocycles. The molecule has 2 aromatic rings. The SMILES string of the molecule is O=C1CCC(=O)N(c2ccc(C(=O)Nc3ccc(F)c(F)c3)cc2)N1. The highest BCUT2D eigenvalue weighted by Crippen LogP contribution is 2.19. The monoisotopic (exact) mass is 345 g/mol. The maximum atomic E-state index is 13.2. The van der Waals surface area contributed by atoms with Gasteiger partial charge in [-0.1, -0.05) is 0 Å². The molecule has 3 rings (SSSR count). The van der Waals surface area contributed by atoms with E-state index in [0.717, 1.165) is 17.1 Å². The summed E-state index contributed by atoms with van der Waals surface area (Å²) in [6.45, 7) is 0. The largest absolute Gasteiger partial charge is 0.322 e. The normalized spacial score (nSPS) is 14.2. The molecule has 1 fully saturated rings. The van der Waals surface area contributed by atoms with Gasteiger partial charge in [0.25, 0.3) is 5.91 Å². The molecule has 2 N–H and O–H groups in total. The molecular formula is C17H13F2N3O3. The molecule has 1 aliphatic heterocycles. The first-order valence-electron chi connectivity index (χ1n) is 7.43. The van der Waals surface area contributed by atoms with E-state index in [4.69, 9.17) is 0 Å². The number of hydrazine groups is 1. The fourth-order valence-corrected chi connectivity index (χ4v) is 2.32. The van der Waals surface area contributed by atoms with Crippen LogP contribution in [0.1, 0.15) is 23.2 Å². The summed E-state index contributed by atoms with van der Waals surface area (Å²) in [5, 5.41) is 3.57. The molecule has 1 heterocycles. The first kappa shape index (κ1) is 16.6. The number of hydrogen-bond acceptors (Lipinski definition) is 3. The lowest BCUT2D eigenvalue weighted by atomic mass is 10.1. The molecule has 0 spiro atoms. The summed E-state index contributed by atoms with van der Waals surface area (Å²) in [5.41, 5.74) is 3.24. The van der Waals surface area contributed by atoms with Crippen molar-refractivity contribution in [3.05, 3.63) is 59.7 Å². The van der Waals surface area contributed by atoms with Gasteiger partial charge in [-0.15, -0.1) is 0 Å². The predicted octanol–water partition coefficient (Wildman–Crippen LogP) is 2.38. The maximum absolute atomic E-state index is 13.2. The van der Waals surface area contributed by atoms with Crippen molar-refractivity contribution in [1.82, 2.24) is 5.43 Å². The third-order valence-corrected chi connectivity index (χ3v) is 3.62. The van der Waals surface area contributed by atoms with E-state index < -0.39 is 17.5 Å². The van der Waals surface area contributed by atoms with Crippen molar-refractivity contribution in [2.75, 3.05) is 10.3 Å². The number of hydrogen-bond donors (Lipinski definition) is 2. The standard InChI is InChI=1S/C17H13F2N3O3/c18-13-6-3-11(9-14(13)19)20-17(25)10-1-4-12(5-2-10)22-16(24)8-7-15(23)21-22/h1-6,9H,7-8H2,(H,20,25)(H,21,23). The molecule has 8 heteroatoms. The predicted molar refractivity (Wildman–Crippen MR) is 85.6 cm³/mol. The van der Waals surface area contributed by atoms with E-state index in [0.29, 0.717) is 5.69 Å². The van der Waals surface area contributed by atoms with Gasteiger partial charge in [0.1, 0.15) is 0 Å². The van der Waals surface area contributed by atoms with Crippen LogP contribution in [0.25, 0.3) is 0 Å². The summed E-state index contributed by atoms with van der Waals surface area (Å²) in [6, 6.07) is 8.96. The number of carbonyl (C=O) groups is 3. The summed E-state index contributed by atoms with van der Waals surface area (Å²) in [6.07, 6.45) is 0.258. The fraction of sp³-hybridized carbons (Fsp3) is 0.118. The van der Waals surface area contributed by atoms with Gasteiger partial charge in [-0.25, -0.2) is 13.8 Å². The van der Waals surface area contributed by atoms with Gasteiger partial charge in [0, 0.05) is 30.2 Å². The Morgan fingerprint density at radius 1 is 1.00 bits per heavy atom. The zero-order chi connectivity index (χ0) is 18.0. The number of halogens is 2. The lowest BCUT2D eigenvalue weighted by molar-refractivity contribution is -0.130. The molecular weight excluding hydrogens is 332 g/mol. The van der Waals surface area contributed by atoms with E-state index in [1.807, 2.05) is 0 Å². The third-order valence-electron chi connectivity index (χ3n) is 3.62. The van der Waals surface area contributed by atoms with Crippen LogP contribution in [0.4, 0.5) is 20.2 Å². The Bertz CT molecular complexity index is 853. The Kier molecular flexibility index (Phi) is 4.42. The molecule has 0 radical (unpaired) electrons. The van der Waals surface area contributed by atoms with Crippen LogP contribution in [-0.2, 0) is 9.59 Å². The molecule has 25 heavy (non-hydrogen) atoms. The molecule has 0 aliphatic carbocycles. The molecule has 6 nitrogen and oxygen atoms in total. The zero-order valence-electron chi connectivity index (χ0n) is 12.9. The number of anilines is 2. The molecule has 0 bridgehead atoms. The van der Waals surface area contributed by atoms with Crippen LogP contribution in [0, 0.1) is 11.6 Å². The van der Waals surface area contributed by atoms with Gasteiger partial charge in [0.2, 0.25) is 11.8 Å². The zero-order valence-corrected chi connectivity index (χ0v) is 12.9. The molecule has 0 atom stereocenters. The quantitative estimate of drug-likeness (QED) is 0.896. The molecule has 1 aliphatic rings. The van der Waals surface area contributed by atoms with Crippen LogP contribution in [0.3, 0.4) is 0 Å². The van der Waals surface area contributed by atoms with E-state index in [9.17, 15) is 23.2 Å². The highest BCUT2D eigenvalue weighted by Gasteiger charge is 2.24. The van der Waals surface area contributed by atoms with E-state index in [2.05, 4.69) is 10.7 Å². The summed E-state index contributed by atoms with van der Waals surface area (Å²) < 4.78 is 26.1. The minimum absolute atomic E-state index is 0.115. The number of amides is 3. The maximum Gasteiger partial charge on any atom is 0.255 e. The van der Waals surface area contributed by atoms with Gasteiger partial charge in [0.05, 0.1) is 5.69 Å². The van der Waals surface area contributed by atoms with Crippen molar-refractivity contribution in [3.8, 4) is 0 Å². The minimum atomic E-state index is -1.06. The summed E-state index contributed by atoms with van der Waals surface area (Å²) in [4.78, 5) is 35.4. The van der Waals surface area contributed by atoms with Crippen LogP contribution in [0.15, 0.2) is 42.5 Å². The number of nitrogens with zero attached hydrogens (tertiary/aromatic N) is 1. The molecule has 0 unspecified atom stereocenters. The second kappa shape index (κ2) is 6.68. The minimum Gasteiger partial charge on any atom is -0.322 e. The topological polar surface area (TPSA) is 78.5 Å². The Hall–Kier alpha value is -3.29. The molecule has 128 valence electrons. The van der Waals surface area contributed by atoms with Crippen LogP contribution in [0.2, 0.25) is 0 Å². The van der Waals surface area contributed by atoms with E-state index in [1.165, 1.54) is 30.3 Å². The van der Waals surface area contributed by atoms with Crippen molar-refractivity contribution in [1.29, 1.82) is 0 Å². The smallest absolute Gasteiger partial charge is 0.255 e. The summed E-state index contributed by atoms with van der Waals surface area (Å²) in [5.74, 6) is -3.10. The third kappa shape index (κ3) is 3.63. The van der Waals surface area contributed by atoms with Crippen LogP contribution in [0.5, 0.6) is 0 Å². The highest BCUT2D eigenvalue weighted by atomic mass is 19.2. The average molecular weight is 345 g/mol. The highest BCUT2D eigenvalue weighted by molar-refractivity contribution is 6.05.